The molecular weight excluding hydrogens is 581 g/mol. The molecule has 3 heterocycles. The molecule has 230 valence electrons. The number of nitrogens with two attached hydrogens (primary N) is 1. The number of carbonyl (C=O) groups is 2. The van der Waals surface area contributed by atoms with Gasteiger partial charge in [-0.3, -0.25) is 23.6 Å². The number of anilines is 1. The van der Waals surface area contributed by atoms with Gasteiger partial charge in [0.2, 0.25) is 5.95 Å². The first-order chi connectivity index (χ1) is 21.7. The molecule has 3 aromatic heterocycles. The summed E-state index contributed by atoms with van der Waals surface area (Å²) < 4.78 is 28.7. The second-order valence-corrected chi connectivity index (χ2v) is 10.8. The average Bonchev–Trinajstić information content (AvgIpc) is 3.77. The highest BCUT2D eigenvalue weighted by Crippen LogP contribution is 2.41. The number of hydrogen-bond donors (Lipinski definition) is 1. The van der Waals surface area contributed by atoms with Crippen molar-refractivity contribution in [3.8, 4) is 17.1 Å². The monoisotopic (exact) mass is 611 g/mol. The number of pyridine rings is 1. The van der Waals surface area contributed by atoms with E-state index in [1.165, 1.54) is 10.6 Å². The fourth-order valence-corrected chi connectivity index (χ4v) is 5.27. The number of halogens is 1. The molecule has 1 fully saturated rings. The molecule has 0 aliphatic heterocycles. The van der Waals surface area contributed by atoms with Gasteiger partial charge in [0.05, 0.1) is 23.9 Å². The van der Waals surface area contributed by atoms with Gasteiger partial charge in [-0.15, -0.1) is 0 Å². The fourth-order valence-electron chi connectivity index (χ4n) is 5.27. The van der Waals surface area contributed by atoms with Crippen molar-refractivity contribution in [2.75, 3.05) is 12.3 Å². The van der Waals surface area contributed by atoms with Crippen LogP contribution in [0.2, 0.25) is 0 Å². The molecule has 0 radical (unpaired) electrons. The van der Waals surface area contributed by atoms with Crippen molar-refractivity contribution < 1.29 is 23.5 Å². The predicted octanol–water partition coefficient (Wildman–Crippen LogP) is 3.76. The van der Waals surface area contributed by atoms with Crippen LogP contribution in [0.15, 0.2) is 59.8 Å². The van der Waals surface area contributed by atoms with Crippen LogP contribution in [0.1, 0.15) is 54.6 Å². The number of esters is 2. The summed E-state index contributed by atoms with van der Waals surface area (Å²) >= 11 is 0. The zero-order chi connectivity index (χ0) is 31.7. The number of rotatable bonds is 10. The highest BCUT2D eigenvalue weighted by molar-refractivity contribution is 5.91. The van der Waals surface area contributed by atoms with Crippen LogP contribution in [-0.2, 0) is 39.1 Å². The molecule has 0 saturated heterocycles. The van der Waals surface area contributed by atoms with Crippen molar-refractivity contribution in [2.45, 2.75) is 45.1 Å². The normalized spacial score (nSPS) is 12.8. The lowest BCUT2D eigenvalue weighted by molar-refractivity contribution is -0.155. The molecule has 0 atom stereocenters. The number of fused-ring (bicyclic) bond motifs is 1. The third-order valence-electron chi connectivity index (χ3n) is 7.47. The van der Waals surface area contributed by atoms with E-state index in [4.69, 9.17) is 15.2 Å². The zero-order valence-corrected chi connectivity index (χ0v) is 24.7. The Labute approximate surface area is 256 Å². The Morgan fingerprint density at radius 1 is 1.09 bits per heavy atom. The van der Waals surface area contributed by atoms with Gasteiger partial charge in [0.1, 0.15) is 24.7 Å². The van der Waals surface area contributed by atoms with E-state index in [1.54, 1.807) is 55.3 Å². The average molecular weight is 612 g/mol. The maximum absolute atomic E-state index is 15.4. The minimum Gasteiger partial charge on any atom is -0.466 e. The van der Waals surface area contributed by atoms with Crippen LogP contribution in [-0.4, -0.2) is 47.8 Å². The Morgan fingerprint density at radius 3 is 2.62 bits per heavy atom. The van der Waals surface area contributed by atoms with Crippen molar-refractivity contribution in [1.29, 1.82) is 0 Å². The summed E-state index contributed by atoms with van der Waals surface area (Å²) in [5, 5.41) is 4.62. The van der Waals surface area contributed by atoms with Crippen LogP contribution in [0.5, 0.6) is 0 Å². The maximum Gasteiger partial charge on any atom is 0.317 e. The third-order valence-corrected chi connectivity index (χ3v) is 7.47. The quantitative estimate of drug-likeness (QED) is 0.182. The van der Waals surface area contributed by atoms with E-state index >= 15 is 4.39 Å². The summed E-state index contributed by atoms with van der Waals surface area (Å²) in [5.74, 6) is -1.33. The first-order valence-electron chi connectivity index (χ1n) is 14.5. The van der Waals surface area contributed by atoms with Crippen LogP contribution in [0.25, 0.3) is 27.8 Å². The fraction of sp³-hybridized carbons (Fsp3) is 0.281. The van der Waals surface area contributed by atoms with Gasteiger partial charge in [-0.2, -0.15) is 15.1 Å². The molecule has 1 aliphatic carbocycles. The number of hydrogen-bond acceptors (Lipinski definition) is 10. The Morgan fingerprint density at radius 2 is 1.89 bits per heavy atom. The van der Waals surface area contributed by atoms with E-state index in [-0.39, 0.29) is 30.4 Å². The van der Waals surface area contributed by atoms with Gasteiger partial charge in [0, 0.05) is 37.0 Å². The molecule has 0 bridgehead atoms. The van der Waals surface area contributed by atoms with E-state index in [9.17, 15) is 14.4 Å². The maximum atomic E-state index is 15.4. The molecule has 13 heteroatoms. The highest BCUT2D eigenvalue weighted by Gasteiger charge is 2.26. The molecule has 1 aliphatic rings. The minimum absolute atomic E-state index is 0.0361. The Kier molecular flexibility index (Phi) is 8.07. The number of aryl methyl sites for hydroxylation is 1. The number of nitrogens with zero attached hydrogens (tertiary/aromatic N) is 6. The van der Waals surface area contributed by atoms with Crippen molar-refractivity contribution in [1.82, 2.24) is 29.3 Å². The minimum atomic E-state index is -0.828. The lowest BCUT2D eigenvalue weighted by atomic mass is 10.0. The van der Waals surface area contributed by atoms with Crippen LogP contribution in [0.4, 0.5) is 10.3 Å². The van der Waals surface area contributed by atoms with E-state index in [0.29, 0.717) is 40.4 Å². The molecular formula is C32H30FN7O5. The molecule has 0 amide bonds. The molecule has 2 aromatic carbocycles. The highest BCUT2D eigenvalue weighted by atomic mass is 19.1. The molecule has 12 nitrogen and oxygen atoms in total. The van der Waals surface area contributed by atoms with Crippen molar-refractivity contribution in [2.24, 2.45) is 7.05 Å². The van der Waals surface area contributed by atoms with E-state index < -0.39 is 29.7 Å². The molecule has 2 N–H and O–H groups in total. The summed E-state index contributed by atoms with van der Waals surface area (Å²) in [6, 6.07) is 9.98. The lowest BCUT2D eigenvalue weighted by Crippen LogP contribution is -2.21. The first kappa shape index (κ1) is 29.6. The van der Waals surface area contributed by atoms with Crippen LogP contribution < -0.4 is 11.3 Å². The SMILES string of the molecule is CCOC(=O)CC(=O)OCc1c(-c2nc(N)nc(Cc3cnn(C)c3)n2)cccc1-n1ccc2cc(C3CC3)cc(F)c2c1=O. The van der Waals surface area contributed by atoms with Gasteiger partial charge in [-0.25, -0.2) is 9.37 Å². The summed E-state index contributed by atoms with van der Waals surface area (Å²) in [4.78, 5) is 51.5. The standard InChI is InChI=1S/C32H30FN7O5/c1-3-44-27(41)14-28(42)45-17-23-22(30-36-26(37-32(34)38-30)11-18-15-35-39(2)16-18)5-4-6-25(23)40-10-9-20-12-21(19-7-8-19)13-24(33)29(20)31(40)43/h4-6,9-10,12-13,15-16,19H,3,7-8,11,14,17H2,1-2H3,(H2,34,36,37,38). The largest absolute Gasteiger partial charge is 0.466 e. The number of aromatic nitrogens is 6. The van der Waals surface area contributed by atoms with E-state index in [0.717, 1.165) is 24.0 Å². The predicted molar refractivity (Wildman–Crippen MR) is 162 cm³/mol. The van der Waals surface area contributed by atoms with Gasteiger partial charge in [-0.1, -0.05) is 18.2 Å². The third kappa shape index (κ3) is 6.42. The van der Waals surface area contributed by atoms with Crippen molar-refractivity contribution in [3.63, 3.8) is 0 Å². The number of benzene rings is 2. The Hall–Kier alpha value is -5.46. The second kappa shape index (κ2) is 12.3. The summed E-state index contributed by atoms with van der Waals surface area (Å²) in [7, 11) is 1.80. The molecule has 1 saturated carbocycles. The molecule has 5 aromatic rings. The van der Waals surface area contributed by atoms with Gasteiger partial charge in [0.15, 0.2) is 5.82 Å². The first-order valence-corrected chi connectivity index (χ1v) is 14.5. The van der Waals surface area contributed by atoms with Crippen LogP contribution in [0.3, 0.4) is 0 Å². The molecule has 0 unspecified atom stereocenters. The molecule has 45 heavy (non-hydrogen) atoms. The van der Waals surface area contributed by atoms with E-state index in [1.807, 2.05) is 12.3 Å². The van der Waals surface area contributed by atoms with Gasteiger partial charge >= 0.3 is 11.9 Å². The molecule has 0 spiro atoms. The summed E-state index contributed by atoms with van der Waals surface area (Å²) in [6.07, 6.45) is 6.80. The smallest absolute Gasteiger partial charge is 0.317 e. The van der Waals surface area contributed by atoms with Crippen LogP contribution >= 0.6 is 0 Å². The Balaban J connectivity index is 1.45. The van der Waals surface area contributed by atoms with Crippen molar-refractivity contribution >= 4 is 28.7 Å². The summed E-state index contributed by atoms with van der Waals surface area (Å²) in [6.45, 7) is 1.39. The van der Waals surface area contributed by atoms with Gasteiger partial charge in [0.25, 0.3) is 5.56 Å². The zero-order valence-electron chi connectivity index (χ0n) is 24.7. The molecule has 6 rings (SSSR count). The van der Waals surface area contributed by atoms with Gasteiger partial charge < -0.3 is 15.2 Å². The van der Waals surface area contributed by atoms with Gasteiger partial charge in [-0.05, 0) is 60.4 Å². The van der Waals surface area contributed by atoms with Crippen LogP contribution in [0, 0.1) is 5.82 Å². The second-order valence-electron chi connectivity index (χ2n) is 10.8. The van der Waals surface area contributed by atoms with E-state index in [2.05, 4.69) is 20.1 Å². The van der Waals surface area contributed by atoms with Crippen molar-refractivity contribution in [3.05, 3.63) is 93.7 Å². The topological polar surface area (TPSA) is 157 Å². The lowest BCUT2D eigenvalue weighted by Gasteiger charge is -2.17. The number of ether oxygens (including phenoxy) is 2. The Bertz CT molecular complexity index is 2000. The number of carbonyl (C=O) groups excluding carboxylic acids is 2. The summed E-state index contributed by atoms with van der Waals surface area (Å²) in [5.41, 5.74) is 8.27. The number of nitrogen functional groups attached to an aromatic ring is 1.